The molecular formula is C12H20N2OS. The molecule has 90 valence electrons. The molecule has 1 rings (SSSR count). The molecule has 1 N–H and O–H groups in total. The predicted octanol–water partition coefficient (Wildman–Crippen LogP) is 3.08. The van der Waals surface area contributed by atoms with Gasteiger partial charge in [0, 0.05) is 17.8 Å². The minimum absolute atomic E-state index is 0.0977. The highest BCUT2D eigenvalue weighted by molar-refractivity contribution is 7.71. The van der Waals surface area contributed by atoms with Crippen LogP contribution in [0.4, 0.5) is 0 Å². The fourth-order valence-electron chi connectivity index (χ4n) is 2.28. The quantitative estimate of drug-likeness (QED) is 0.807. The van der Waals surface area contributed by atoms with Crippen LogP contribution in [0.1, 0.15) is 41.0 Å². The number of hydrogen-bond donors (Lipinski definition) is 1. The summed E-state index contributed by atoms with van der Waals surface area (Å²) in [5.74, 6) is 0. The first-order valence-corrected chi connectivity index (χ1v) is 5.85. The van der Waals surface area contributed by atoms with Crippen molar-refractivity contribution in [2.24, 2.45) is 5.41 Å². The Hall–Kier alpha value is -0.900. The average Bonchev–Trinajstić information content (AvgIpc) is 1.97. The van der Waals surface area contributed by atoms with Crippen LogP contribution in [0.25, 0.3) is 0 Å². The van der Waals surface area contributed by atoms with Crippen LogP contribution in [0, 0.1) is 10.2 Å². The largest absolute Gasteiger partial charge is 0.320 e. The molecule has 1 aromatic rings. The molecule has 1 heterocycles. The summed E-state index contributed by atoms with van der Waals surface area (Å²) in [5.41, 5.74) is -0.0266. The van der Waals surface area contributed by atoms with Crippen LogP contribution < -0.4 is 5.56 Å². The highest BCUT2D eigenvalue weighted by Gasteiger charge is 2.27. The smallest absolute Gasteiger partial charge is 0.251 e. The van der Waals surface area contributed by atoms with Gasteiger partial charge >= 0.3 is 0 Å². The molecule has 0 atom stereocenters. The third-order valence-corrected chi connectivity index (χ3v) is 2.74. The van der Waals surface area contributed by atoms with Crippen LogP contribution in [-0.2, 0) is 5.54 Å². The molecular weight excluding hydrogens is 220 g/mol. The lowest BCUT2D eigenvalue weighted by Gasteiger charge is -2.34. The van der Waals surface area contributed by atoms with Crippen molar-refractivity contribution in [2.75, 3.05) is 0 Å². The molecule has 0 bridgehead atoms. The summed E-state index contributed by atoms with van der Waals surface area (Å²) in [4.78, 5) is 13.8. The molecule has 0 saturated heterocycles. The van der Waals surface area contributed by atoms with Gasteiger partial charge < -0.3 is 4.57 Å². The molecule has 0 aliphatic heterocycles. The zero-order valence-electron chi connectivity index (χ0n) is 10.6. The predicted molar refractivity (Wildman–Crippen MR) is 69.3 cm³/mol. The molecule has 0 aliphatic carbocycles. The van der Waals surface area contributed by atoms with Gasteiger partial charge in [-0.05, 0) is 37.9 Å². The lowest BCUT2D eigenvalue weighted by molar-refractivity contribution is 0.210. The van der Waals surface area contributed by atoms with Crippen molar-refractivity contribution < 1.29 is 0 Å². The Morgan fingerprint density at radius 3 is 2.31 bits per heavy atom. The van der Waals surface area contributed by atoms with Crippen LogP contribution in [-0.4, -0.2) is 9.55 Å². The van der Waals surface area contributed by atoms with E-state index in [2.05, 4.69) is 39.6 Å². The van der Waals surface area contributed by atoms with Gasteiger partial charge in [-0.15, -0.1) is 0 Å². The first kappa shape index (κ1) is 13.2. The van der Waals surface area contributed by atoms with Crippen molar-refractivity contribution in [3.63, 3.8) is 0 Å². The highest BCUT2D eigenvalue weighted by atomic mass is 32.1. The molecule has 0 radical (unpaired) electrons. The van der Waals surface area contributed by atoms with E-state index in [9.17, 15) is 4.79 Å². The molecule has 0 aromatic carbocycles. The topological polar surface area (TPSA) is 37.8 Å². The summed E-state index contributed by atoms with van der Waals surface area (Å²) < 4.78 is 2.44. The van der Waals surface area contributed by atoms with E-state index in [4.69, 9.17) is 12.2 Å². The molecule has 3 nitrogen and oxygen atoms in total. The van der Waals surface area contributed by atoms with Gasteiger partial charge in [-0.25, -0.2) is 0 Å². The number of H-pyrrole nitrogens is 1. The van der Waals surface area contributed by atoms with E-state index in [0.717, 1.165) is 6.42 Å². The molecule has 0 spiro atoms. The second-order valence-corrected chi connectivity index (χ2v) is 6.42. The number of rotatable bonds is 2. The number of nitrogens with one attached hydrogen (secondary N) is 1. The van der Waals surface area contributed by atoms with Crippen molar-refractivity contribution in [2.45, 2.75) is 46.6 Å². The van der Waals surface area contributed by atoms with Gasteiger partial charge in [0.05, 0.1) is 0 Å². The van der Waals surface area contributed by atoms with E-state index in [0.29, 0.717) is 4.77 Å². The Kier molecular flexibility index (Phi) is 3.43. The summed E-state index contributed by atoms with van der Waals surface area (Å²) >= 11 is 5.18. The zero-order valence-corrected chi connectivity index (χ0v) is 11.4. The van der Waals surface area contributed by atoms with Gasteiger partial charge in [-0.2, -0.15) is 0 Å². The van der Waals surface area contributed by atoms with Crippen molar-refractivity contribution in [1.82, 2.24) is 9.55 Å². The van der Waals surface area contributed by atoms with E-state index >= 15 is 0 Å². The number of nitrogens with zero attached hydrogens (tertiary/aromatic N) is 1. The van der Waals surface area contributed by atoms with Gasteiger partial charge in [0.15, 0.2) is 4.77 Å². The van der Waals surface area contributed by atoms with Crippen LogP contribution in [0.15, 0.2) is 17.1 Å². The van der Waals surface area contributed by atoms with Gasteiger partial charge in [0.1, 0.15) is 0 Å². The Labute approximate surface area is 102 Å². The molecule has 0 aliphatic rings. The lowest BCUT2D eigenvalue weighted by atomic mass is 9.81. The summed E-state index contributed by atoms with van der Waals surface area (Å²) in [5, 5.41) is 0. The highest BCUT2D eigenvalue weighted by Crippen LogP contribution is 2.31. The fourth-order valence-corrected chi connectivity index (χ4v) is 2.69. The SMILES string of the molecule is CC(C)(C)CC(C)(C)n1ccc(=O)[nH]c1=S. The van der Waals surface area contributed by atoms with Gasteiger partial charge in [0.25, 0.3) is 5.56 Å². The van der Waals surface area contributed by atoms with Crippen molar-refractivity contribution in [1.29, 1.82) is 0 Å². The second kappa shape index (κ2) is 4.17. The Morgan fingerprint density at radius 2 is 1.88 bits per heavy atom. The Bertz CT molecular complexity index is 477. The number of aromatic nitrogens is 2. The van der Waals surface area contributed by atoms with E-state index < -0.39 is 0 Å². The molecule has 0 amide bonds. The first-order chi connectivity index (χ1) is 7.12. The summed E-state index contributed by atoms with van der Waals surface area (Å²) in [6.45, 7) is 10.9. The second-order valence-electron chi connectivity index (χ2n) is 6.03. The van der Waals surface area contributed by atoms with E-state index in [-0.39, 0.29) is 16.5 Å². The minimum atomic E-state index is -0.146. The zero-order chi connectivity index (χ0) is 12.6. The third kappa shape index (κ3) is 3.30. The third-order valence-electron chi connectivity index (χ3n) is 2.44. The Morgan fingerprint density at radius 1 is 1.31 bits per heavy atom. The molecule has 1 aromatic heterocycles. The molecule has 4 heteroatoms. The number of hydrogen-bond acceptors (Lipinski definition) is 2. The Balaban J connectivity index is 3.17. The summed E-state index contributed by atoms with van der Waals surface area (Å²) in [6.07, 6.45) is 2.76. The average molecular weight is 240 g/mol. The molecule has 16 heavy (non-hydrogen) atoms. The summed E-state index contributed by atoms with van der Waals surface area (Å²) in [6, 6.07) is 1.51. The van der Waals surface area contributed by atoms with Crippen molar-refractivity contribution in [3.05, 3.63) is 27.4 Å². The van der Waals surface area contributed by atoms with Crippen LogP contribution >= 0.6 is 12.2 Å². The molecule has 0 saturated carbocycles. The van der Waals surface area contributed by atoms with Crippen molar-refractivity contribution in [3.8, 4) is 0 Å². The maximum absolute atomic E-state index is 11.1. The number of aromatic amines is 1. The van der Waals surface area contributed by atoms with E-state index in [1.54, 1.807) is 6.20 Å². The van der Waals surface area contributed by atoms with Crippen molar-refractivity contribution >= 4 is 12.2 Å². The van der Waals surface area contributed by atoms with Gasteiger partial charge in [-0.1, -0.05) is 20.8 Å². The van der Waals surface area contributed by atoms with Crippen LogP contribution in [0.2, 0.25) is 0 Å². The normalized spacial score (nSPS) is 12.8. The monoisotopic (exact) mass is 240 g/mol. The first-order valence-electron chi connectivity index (χ1n) is 5.44. The fraction of sp³-hybridized carbons (Fsp3) is 0.667. The van der Waals surface area contributed by atoms with E-state index in [1.807, 2.05) is 4.57 Å². The maximum atomic E-state index is 11.1. The van der Waals surface area contributed by atoms with Gasteiger partial charge in [-0.3, -0.25) is 9.78 Å². The standard InChI is InChI=1S/C12H20N2OS/c1-11(2,3)8-12(4,5)14-7-6-9(15)13-10(14)16/h6-7H,8H2,1-5H3,(H,13,15,16). The van der Waals surface area contributed by atoms with Crippen LogP contribution in [0.3, 0.4) is 0 Å². The van der Waals surface area contributed by atoms with Gasteiger partial charge in [0.2, 0.25) is 0 Å². The molecule has 0 unspecified atom stereocenters. The maximum Gasteiger partial charge on any atom is 0.251 e. The van der Waals surface area contributed by atoms with E-state index in [1.165, 1.54) is 6.07 Å². The van der Waals surface area contributed by atoms with Crippen LogP contribution in [0.5, 0.6) is 0 Å². The minimum Gasteiger partial charge on any atom is -0.320 e. The summed E-state index contributed by atoms with van der Waals surface area (Å²) in [7, 11) is 0. The lowest BCUT2D eigenvalue weighted by Crippen LogP contribution is -2.33. The molecule has 0 fully saturated rings.